The van der Waals surface area contributed by atoms with Crippen LogP contribution in [0.4, 0.5) is 11.4 Å². The largest absolute Gasteiger partial charge is 0.370 e. The van der Waals surface area contributed by atoms with Gasteiger partial charge < -0.3 is 10.2 Å². The third-order valence-electron chi connectivity index (χ3n) is 5.05. The molecule has 0 aliphatic carbocycles. The zero-order chi connectivity index (χ0) is 21.9. The van der Waals surface area contributed by atoms with Crippen molar-refractivity contribution in [2.24, 2.45) is 0 Å². The molecule has 0 saturated carbocycles. The van der Waals surface area contributed by atoms with Crippen molar-refractivity contribution in [2.45, 2.75) is 57.4 Å². The van der Waals surface area contributed by atoms with Crippen LogP contribution < -0.4 is 14.9 Å². The fourth-order valence-electron chi connectivity index (χ4n) is 3.65. The van der Waals surface area contributed by atoms with Crippen LogP contribution in [0.2, 0.25) is 0 Å². The topological polar surface area (TPSA) is 78.5 Å². The number of rotatable bonds is 5. The molecule has 6 nitrogen and oxygen atoms in total. The van der Waals surface area contributed by atoms with Gasteiger partial charge in [0.1, 0.15) is 0 Å². The minimum absolute atomic E-state index is 0.0810. The Bertz CT molecular complexity index is 1020. The normalized spacial score (nSPS) is 15.1. The van der Waals surface area contributed by atoms with Gasteiger partial charge in [0.15, 0.2) is 0 Å². The number of aryl methyl sites for hydroxylation is 1. The molecule has 1 heterocycles. The molecular weight excluding hydrogens is 398 g/mol. The van der Waals surface area contributed by atoms with Gasteiger partial charge in [-0.1, -0.05) is 18.2 Å². The molecule has 2 N–H and O–H groups in total. The lowest BCUT2D eigenvalue weighted by Gasteiger charge is -2.30. The van der Waals surface area contributed by atoms with Crippen LogP contribution in [0.15, 0.2) is 47.4 Å². The second-order valence-corrected chi connectivity index (χ2v) is 10.5. The van der Waals surface area contributed by atoms with Gasteiger partial charge in [-0.2, -0.15) is 0 Å². The SMILES string of the molecule is Cc1ccc(S(=O)(=O)NC(C)(C)C)cc1C(=O)Nc1ccccc1N1CCCCC1. The summed E-state index contributed by atoms with van der Waals surface area (Å²) in [5.74, 6) is -0.315. The molecule has 0 bridgehead atoms. The van der Waals surface area contributed by atoms with Gasteiger partial charge in [0, 0.05) is 24.2 Å². The Labute approximate surface area is 179 Å². The van der Waals surface area contributed by atoms with Crippen molar-refractivity contribution in [1.82, 2.24) is 4.72 Å². The van der Waals surface area contributed by atoms with Crippen molar-refractivity contribution in [2.75, 3.05) is 23.3 Å². The van der Waals surface area contributed by atoms with Gasteiger partial charge in [0.05, 0.1) is 16.3 Å². The molecule has 0 spiro atoms. The van der Waals surface area contributed by atoms with E-state index in [9.17, 15) is 13.2 Å². The highest BCUT2D eigenvalue weighted by molar-refractivity contribution is 7.89. The smallest absolute Gasteiger partial charge is 0.256 e. The average molecular weight is 430 g/mol. The minimum atomic E-state index is -3.73. The number of nitrogens with zero attached hydrogens (tertiary/aromatic N) is 1. The average Bonchev–Trinajstić information content (AvgIpc) is 2.67. The van der Waals surface area contributed by atoms with Gasteiger partial charge >= 0.3 is 0 Å². The first-order valence-corrected chi connectivity index (χ1v) is 11.9. The Morgan fingerprint density at radius 3 is 2.33 bits per heavy atom. The molecule has 1 aliphatic rings. The second-order valence-electron chi connectivity index (χ2n) is 8.85. The van der Waals surface area contributed by atoms with Crippen molar-refractivity contribution in [3.05, 3.63) is 53.6 Å². The van der Waals surface area contributed by atoms with E-state index in [1.165, 1.54) is 18.6 Å². The Balaban J connectivity index is 1.88. The van der Waals surface area contributed by atoms with Crippen LogP contribution in [0.5, 0.6) is 0 Å². The third kappa shape index (κ3) is 5.40. The van der Waals surface area contributed by atoms with E-state index in [0.717, 1.165) is 42.9 Å². The number of hydrogen-bond donors (Lipinski definition) is 2. The molecule has 0 aromatic heterocycles. The monoisotopic (exact) mass is 429 g/mol. The van der Waals surface area contributed by atoms with Crippen LogP contribution >= 0.6 is 0 Å². The van der Waals surface area contributed by atoms with Gasteiger partial charge in [-0.25, -0.2) is 13.1 Å². The van der Waals surface area contributed by atoms with Crippen molar-refractivity contribution < 1.29 is 13.2 Å². The predicted octanol–water partition coefficient (Wildman–Crippen LogP) is 4.31. The maximum Gasteiger partial charge on any atom is 0.256 e. The minimum Gasteiger partial charge on any atom is -0.370 e. The first-order valence-electron chi connectivity index (χ1n) is 10.4. The van der Waals surface area contributed by atoms with Crippen LogP contribution in [0.3, 0.4) is 0 Å². The number of nitrogens with one attached hydrogen (secondary N) is 2. The molecule has 2 aromatic rings. The molecule has 2 aromatic carbocycles. The number of hydrogen-bond acceptors (Lipinski definition) is 4. The van der Waals surface area contributed by atoms with Crippen LogP contribution in [-0.4, -0.2) is 33.0 Å². The molecule has 1 amide bonds. The summed E-state index contributed by atoms with van der Waals surface area (Å²) >= 11 is 0. The highest BCUT2D eigenvalue weighted by atomic mass is 32.2. The lowest BCUT2D eigenvalue weighted by molar-refractivity contribution is 0.102. The Morgan fingerprint density at radius 2 is 1.67 bits per heavy atom. The molecule has 162 valence electrons. The van der Waals surface area contributed by atoms with Crippen LogP contribution in [0.1, 0.15) is 56.0 Å². The number of carbonyl (C=O) groups is 1. The quantitative estimate of drug-likeness (QED) is 0.742. The first-order chi connectivity index (χ1) is 14.1. The zero-order valence-electron chi connectivity index (χ0n) is 18.2. The molecule has 1 saturated heterocycles. The summed E-state index contributed by atoms with van der Waals surface area (Å²) < 4.78 is 28.0. The molecule has 1 aliphatic heterocycles. The number of anilines is 2. The summed E-state index contributed by atoms with van der Waals surface area (Å²) in [5, 5.41) is 3.00. The number of para-hydroxylation sites is 2. The molecule has 7 heteroatoms. The summed E-state index contributed by atoms with van der Waals surface area (Å²) in [6, 6.07) is 12.4. The summed E-state index contributed by atoms with van der Waals surface area (Å²) in [4.78, 5) is 15.5. The van der Waals surface area contributed by atoms with Gasteiger partial charge in [0.2, 0.25) is 10.0 Å². The van der Waals surface area contributed by atoms with E-state index in [0.29, 0.717) is 5.56 Å². The van der Waals surface area contributed by atoms with E-state index in [4.69, 9.17) is 0 Å². The fraction of sp³-hybridized carbons (Fsp3) is 0.435. The Hall–Kier alpha value is -2.38. The Kier molecular flexibility index (Phi) is 6.53. The summed E-state index contributed by atoms with van der Waals surface area (Å²) in [5.41, 5.74) is 2.20. The number of amides is 1. The summed E-state index contributed by atoms with van der Waals surface area (Å²) in [6.45, 7) is 9.09. The van der Waals surface area contributed by atoms with Crippen LogP contribution in [0.25, 0.3) is 0 Å². The van der Waals surface area contributed by atoms with Crippen LogP contribution in [-0.2, 0) is 10.0 Å². The third-order valence-corrected chi connectivity index (χ3v) is 6.81. The molecular formula is C23H31N3O3S. The predicted molar refractivity (Wildman–Crippen MR) is 122 cm³/mol. The first kappa shape index (κ1) is 22.3. The van der Waals surface area contributed by atoms with E-state index in [2.05, 4.69) is 14.9 Å². The van der Waals surface area contributed by atoms with E-state index in [1.807, 2.05) is 24.3 Å². The molecule has 1 fully saturated rings. The van der Waals surface area contributed by atoms with Gasteiger partial charge in [-0.3, -0.25) is 4.79 Å². The highest BCUT2D eigenvalue weighted by Crippen LogP contribution is 2.29. The number of carbonyl (C=O) groups excluding carboxylic acids is 1. The van der Waals surface area contributed by atoms with Gasteiger partial charge in [0.25, 0.3) is 5.91 Å². The molecule has 0 radical (unpaired) electrons. The van der Waals surface area contributed by atoms with E-state index < -0.39 is 15.6 Å². The molecule has 0 unspecified atom stereocenters. The van der Waals surface area contributed by atoms with Crippen molar-refractivity contribution >= 4 is 27.3 Å². The summed E-state index contributed by atoms with van der Waals surface area (Å²) in [7, 11) is -3.73. The number of piperidine rings is 1. The lowest BCUT2D eigenvalue weighted by atomic mass is 10.1. The maximum atomic E-state index is 13.1. The fourth-order valence-corrected chi connectivity index (χ4v) is 5.10. The maximum absolute atomic E-state index is 13.1. The van der Waals surface area contributed by atoms with Crippen LogP contribution in [0, 0.1) is 6.92 Å². The van der Waals surface area contributed by atoms with E-state index in [1.54, 1.807) is 33.8 Å². The molecule has 3 rings (SSSR count). The van der Waals surface area contributed by atoms with Gasteiger partial charge in [-0.05, 0) is 76.8 Å². The van der Waals surface area contributed by atoms with E-state index >= 15 is 0 Å². The Morgan fingerprint density at radius 1 is 1.00 bits per heavy atom. The standard InChI is InChI=1S/C23H31N3O3S/c1-17-12-13-18(30(28,29)25-23(2,3)4)16-19(17)22(27)24-20-10-6-7-11-21(20)26-14-8-5-9-15-26/h6-7,10-13,16,25H,5,8-9,14-15H2,1-4H3,(H,24,27). The number of benzene rings is 2. The second kappa shape index (κ2) is 8.78. The lowest BCUT2D eigenvalue weighted by Crippen LogP contribution is -2.40. The van der Waals surface area contributed by atoms with Crippen molar-refractivity contribution in [3.63, 3.8) is 0 Å². The molecule has 30 heavy (non-hydrogen) atoms. The van der Waals surface area contributed by atoms with Crippen molar-refractivity contribution in [1.29, 1.82) is 0 Å². The molecule has 0 atom stereocenters. The highest BCUT2D eigenvalue weighted by Gasteiger charge is 2.24. The van der Waals surface area contributed by atoms with Gasteiger partial charge in [-0.15, -0.1) is 0 Å². The van der Waals surface area contributed by atoms with Crippen molar-refractivity contribution in [3.8, 4) is 0 Å². The van der Waals surface area contributed by atoms with E-state index in [-0.39, 0.29) is 10.8 Å². The zero-order valence-corrected chi connectivity index (χ0v) is 19.0. The summed E-state index contributed by atoms with van der Waals surface area (Å²) in [6.07, 6.45) is 3.51. The number of sulfonamides is 1.